The third-order valence-corrected chi connectivity index (χ3v) is 7.83. The summed E-state index contributed by atoms with van der Waals surface area (Å²) in [5.74, 6) is -3.84. The first-order chi connectivity index (χ1) is 17.6. The maximum Gasteiger partial charge on any atom is 0.471 e. The van der Waals surface area contributed by atoms with E-state index in [1.165, 1.54) is 11.1 Å². The summed E-state index contributed by atoms with van der Waals surface area (Å²) < 4.78 is 39.1. The molecule has 1 aliphatic carbocycles. The number of carbonyl (C=O) groups is 3. The number of fused-ring (bicyclic) bond motifs is 2. The van der Waals surface area contributed by atoms with Crippen molar-refractivity contribution in [1.29, 1.82) is 5.26 Å². The van der Waals surface area contributed by atoms with Gasteiger partial charge in [-0.15, -0.1) is 0 Å². The van der Waals surface area contributed by atoms with Crippen molar-refractivity contribution in [2.75, 3.05) is 6.54 Å². The molecule has 2 aliphatic rings. The number of amides is 3. The third kappa shape index (κ3) is 4.79. The number of halogens is 3. The largest absolute Gasteiger partial charge is 0.471 e. The van der Waals surface area contributed by atoms with Gasteiger partial charge < -0.3 is 15.5 Å². The first-order valence-electron chi connectivity index (χ1n) is 12.3. The average molecular weight is 530 g/mol. The van der Waals surface area contributed by atoms with Crippen molar-refractivity contribution in [2.45, 2.75) is 58.9 Å². The Kier molecular flexibility index (Phi) is 6.66. The van der Waals surface area contributed by atoms with Gasteiger partial charge in [0.05, 0.1) is 6.07 Å². The van der Waals surface area contributed by atoms with Gasteiger partial charge in [-0.2, -0.15) is 18.4 Å². The van der Waals surface area contributed by atoms with Gasteiger partial charge in [-0.05, 0) is 28.1 Å². The molecule has 0 spiro atoms. The van der Waals surface area contributed by atoms with Gasteiger partial charge in [0, 0.05) is 29.9 Å². The van der Waals surface area contributed by atoms with Gasteiger partial charge in [-0.3, -0.25) is 19.4 Å². The predicted molar refractivity (Wildman–Crippen MR) is 132 cm³/mol. The highest BCUT2D eigenvalue weighted by atomic mass is 19.4. The number of nitrogens with one attached hydrogen (secondary N) is 2. The summed E-state index contributed by atoms with van der Waals surface area (Å²) in [6.45, 7) is 8.72. The second-order valence-corrected chi connectivity index (χ2v) is 11.7. The highest BCUT2D eigenvalue weighted by Crippen LogP contribution is 2.65. The Hall–Kier alpha value is -3.68. The van der Waals surface area contributed by atoms with Crippen LogP contribution in [-0.2, 0) is 14.4 Å². The summed E-state index contributed by atoms with van der Waals surface area (Å²) in [6.07, 6.45) is -2.02. The molecule has 2 heterocycles. The van der Waals surface area contributed by atoms with Gasteiger partial charge in [0.1, 0.15) is 18.1 Å². The Morgan fingerprint density at radius 3 is 2.39 bits per heavy atom. The number of nitrogens with zero attached hydrogens (tertiary/aromatic N) is 3. The molecule has 8 nitrogen and oxygen atoms in total. The number of hydrogen-bond donors (Lipinski definition) is 2. The smallest absolute Gasteiger partial charge is 0.336 e. The van der Waals surface area contributed by atoms with E-state index in [4.69, 9.17) is 0 Å². The van der Waals surface area contributed by atoms with Gasteiger partial charge >= 0.3 is 12.1 Å². The van der Waals surface area contributed by atoms with Crippen LogP contribution >= 0.6 is 0 Å². The molecule has 1 saturated heterocycles. The van der Waals surface area contributed by atoms with E-state index in [-0.39, 0.29) is 23.8 Å². The van der Waals surface area contributed by atoms with Crippen LogP contribution in [0.2, 0.25) is 0 Å². The van der Waals surface area contributed by atoms with Crippen LogP contribution in [0.1, 0.15) is 46.2 Å². The van der Waals surface area contributed by atoms with Crippen molar-refractivity contribution in [1.82, 2.24) is 20.5 Å². The van der Waals surface area contributed by atoms with Crippen LogP contribution in [0.4, 0.5) is 13.2 Å². The molecule has 1 aromatic carbocycles. The van der Waals surface area contributed by atoms with Crippen LogP contribution in [-0.4, -0.2) is 52.4 Å². The van der Waals surface area contributed by atoms with E-state index in [2.05, 4.69) is 16.4 Å². The van der Waals surface area contributed by atoms with E-state index < -0.39 is 47.4 Å². The van der Waals surface area contributed by atoms with Crippen LogP contribution in [0, 0.1) is 34.0 Å². The minimum Gasteiger partial charge on any atom is -0.336 e. The number of likely N-dealkylation sites (tertiary alicyclic amines) is 1. The lowest BCUT2D eigenvalue weighted by molar-refractivity contribution is -0.176. The molecule has 0 radical (unpaired) electrons. The topological polar surface area (TPSA) is 115 Å². The van der Waals surface area contributed by atoms with Crippen LogP contribution in [0.25, 0.3) is 10.8 Å². The molecule has 1 saturated carbocycles. The maximum absolute atomic E-state index is 13.7. The lowest BCUT2D eigenvalue weighted by atomic mass is 9.85. The molecule has 2 N–H and O–H groups in total. The summed E-state index contributed by atoms with van der Waals surface area (Å²) in [5.41, 5.74) is -0.842. The van der Waals surface area contributed by atoms with E-state index in [9.17, 15) is 32.8 Å². The van der Waals surface area contributed by atoms with Crippen molar-refractivity contribution in [3.05, 3.63) is 42.2 Å². The normalized spacial score (nSPS) is 23.7. The molecular weight excluding hydrogens is 499 g/mol. The molecule has 11 heteroatoms. The summed E-state index contributed by atoms with van der Waals surface area (Å²) in [6, 6.07) is 5.78. The van der Waals surface area contributed by atoms with Crippen LogP contribution in [0.3, 0.4) is 0 Å². The second kappa shape index (κ2) is 9.26. The zero-order chi connectivity index (χ0) is 28.2. The van der Waals surface area contributed by atoms with Gasteiger partial charge in [-0.1, -0.05) is 58.9 Å². The zero-order valence-corrected chi connectivity index (χ0v) is 21.8. The molecule has 5 atom stereocenters. The zero-order valence-electron chi connectivity index (χ0n) is 21.8. The number of benzene rings is 1. The molecular formula is C27H30F3N5O3. The Bertz CT molecular complexity index is 1320. The number of alkyl halides is 3. The molecule has 38 heavy (non-hydrogen) atoms. The highest BCUT2D eigenvalue weighted by Gasteiger charge is 2.70. The van der Waals surface area contributed by atoms with E-state index in [1.807, 2.05) is 37.4 Å². The molecule has 2 aromatic rings. The fourth-order valence-corrected chi connectivity index (χ4v) is 5.62. The highest BCUT2D eigenvalue weighted by molar-refractivity contribution is 5.95. The standard InChI is InChI=1S/C27H30F3N5O3/c1-25(2,3)21(34-24(38)27(28,29)30)23(37)35-13-17-19(26(17,4)5)20(35)22(36)33-18(10-31)16-12-32-11-14-8-6-7-9-15(14)16/h6-9,11-12,17-21H,13H2,1-5H3,(H,33,36)(H,34,38)/t17-,18?,19-,20-,21+/m0/s1. The average Bonchev–Trinajstić information content (AvgIpc) is 3.16. The first kappa shape index (κ1) is 27.4. The summed E-state index contributed by atoms with van der Waals surface area (Å²) >= 11 is 0. The Morgan fingerprint density at radius 2 is 1.79 bits per heavy atom. The van der Waals surface area contributed by atoms with Crippen LogP contribution < -0.4 is 10.6 Å². The number of nitriles is 1. The molecule has 4 rings (SSSR count). The molecule has 2 fully saturated rings. The van der Waals surface area contributed by atoms with Crippen LogP contribution in [0.15, 0.2) is 36.7 Å². The lowest BCUT2D eigenvalue weighted by Gasteiger charge is -2.37. The Morgan fingerprint density at radius 1 is 1.13 bits per heavy atom. The number of rotatable bonds is 5. The predicted octanol–water partition coefficient (Wildman–Crippen LogP) is 3.49. The third-order valence-electron chi connectivity index (χ3n) is 7.83. The van der Waals surface area contributed by atoms with Gasteiger partial charge in [0.2, 0.25) is 11.8 Å². The minimum atomic E-state index is -5.16. The molecule has 1 unspecified atom stereocenters. The number of hydrogen-bond acceptors (Lipinski definition) is 5. The van der Waals surface area contributed by atoms with E-state index in [0.717, 1.165) is 10.8 Å². The molecule has 1 aliphatic heterocycles. The van der Waals surface area contributed by atoms with Crippen LogP contribution in [0.5, 0.6) is 0 Å². The number of aromatic nitrogens is 1. The summed E-state index contributed by atoms with van der Waals surface area (Å²) in [5, 5.41) is 16.0. The number of carbonyl (C=O) groups excluding carboxylic acids is 3. The fourth-order valence-electron chi connectivity index (χ4n) is 5.62. The van der Waals surface area contributed by atoms with Crippen molar-refractivity contribution in [3.63, 3.8) is 0 Å². The number of pyridine rings is 1. The van der Waals surface area contributed by atoms with Gasteiger partial charge in [-0.25, -0.2) is 0 Å². The van der Waals surface area contributed by atoms with E-state index >= 15 is 0 Å². The minimum absolute atomic E-state index is 0.0408. The number of piperidine rings is 1. The Balaban J connectivity index is 1.63. The van der Waals surface area contributed by atoms with Crippen molar-refractivity contribution >= 4 is 28.5 Å². The van der Waals surface area contributed by atoms with Crippen molar-refractivity contribution in [2.24, 2.45) is 22.7 Å². The van der Waals surface area contributed by atoms with Gasteiger partial charge in [0.15, 0.2) is 0 Å². The molecule has 3 amide bonds. The van der Waals surface area contributed by atoms with E-state index in [1.54, 1.807) is 33.0 Å². The van der Waals surface area contributed by atoms with Crippen molar-refractivity contribution < 1.29 is 27.6 Å². The maximum atomic E-state index is 13.7. The quantitative estimate of drug-likeness (QED) is 0.615. The van der Waals surface area contributed by atoms with E-state index in [0.29, 0.717) is 5.56 Å². The first-order valence-corrected chi connectivity index (χ1v) is 12.3. The fraction of sp³-hybridized carbons (Fsp3) is 0.519. The monoisotopic (exact) mass is 529 g/mol. The lowest BCUT2D eigenvalue weighted by Crippen LogP contribution is -2.60. The molecule has 0 bridgehead atoms. The SMILES string of the molecule is CC(C)(C)[C@H](NC(=O)C(F)(F)F)C(=O)N1C[C@H]2[C@@H]([C@H]1C(=O)NC(C#N)c1cncc3ccccc13)C2(C)C. The second-order valence-electron chi connectivity index (χ2n) is 11.7. The van der Waals surface area contributed by atoms with Gasteiger partial charge in [0.25, 0.3) is 0 Å². The summed E-state index contributed by atoms with van der Waals surface area (Å²) in [4.78, 5) is 44.5. The molecule has 202 valence electrons. The van der Waals surface area contributed by atoms with Crippen molar-refractivity contribution in [3.8, 4) is 6.07 Å². The Labute approximate surface area is 218 Å². The molecule has 1 aromatic heterocycles. The summed E-state index contributed by atoms with van der Waals surface area (Å²) in [7, 11) is 0.